The maximum Gasteiger partial charge on any atom is 0.263 e. The number of fused-ring (bicyclic) bond motifs is 3. The van der Waals surface area contributed by atoms with E-state index in [0.717, 1.165) is 35.9 Å². The number of nitrogens with zero attached hydrogens (tertiary/aromatic N) is 6. The Labute approximate surface area is 190 Å². The molecule has 4 rings (SSSR count). The molecule has 1 aliphatic rings. The van der Waals surface area contributed by atoms with Crippen LogP contribution in [-0.4, -0.2) is 38.6 Å². The highest BCUT2D eigenvalue weighted by atomic mass is 32.2. The van der Waals surface area contributed by atoms with Crippen molar-refractivity contribution in [3.05, 3.63) is 26.6 Å². The zero-order valence-electron chi connectivity index (χ0n) is 18.5. The molecule has 3 aromatic heterocycles. The van der Waals surface area contributed by atoms with Crippen molar-refractivity contribution >= 4 is 45.2 Å². The molecule has 0 bridgehead atoms. The van der Waals surface area contributed by atoms with Crippen molar-refractivity contribution in [1.29, 1.82) is 0 Å². The number of aryl methyl sites for hydroxylation is 2. The number of nitrogens with two attached hydrogens (primary N) is 1. The molecule has 3 aromatic rings. The van der Waals surface area contributed by atoms with Crippen molar-refractivity contribution < 1.29 is 0 Å². The third-order valence-electron chi connectivity index (χ3n) is 5.69. The lowest BCUT2D eigenvalue weighted by atomic mass is 10.1. The Bertz CT molecular complexity index is 1150. The van der Waals surface area contributed by atoms with Gasteiger partial charge in [-0.15, -0.1) is 11.3 Å². The quantitative estimate of drug-likeness (QED) is 0.337. The molecule has 10 heteroatoms. The largest absolute Gasteiger partial charge is 0.368 e. The fourth-order valence-corrected chi connectivity index (χ4v) is 6.12. The molecular formula is C21H29N7OS2. The summed E-state index contributed by atoms with van der Waals surface area (Å²) in [7, 11) is 3.73. The van der Waals surface area contributed by atoms with E-state index in [-0.39, 0.29) is 17.5 Å². The molecule has 3 heterocycles. The predicted molar refractivity (Wildman–Crippen MR) is 128 cm³/mol. The third-order valence-corrected chi connectivity index (χ3v) is 7.82. The first-order valence-corrected chi connectivity index (χ1v) is 12.6. The second kappa shape index (κ2) is 9.12. The summed E-state index contributed by atoms with van der Waals surface area (Å²) in [6.45, 7) is 4.18. The average Bonchev–Trinajstić information content (AvgIpc) is 2.92. The van der Waals surface area contributed by atoms with Gasteiger partial charge in [-0.2, -0.15) is 15.0 Å². The van der Waals surface area contributed by atoms with Gasteiger partial charge in [-0.3, -0.25) is 9.36 Å². The molecule has 2 N–H and O–H groups in total. The minimum atomic E-state index is 0.0639. The van der Waals surface area contributed by atoms with Gasteiger partial charge in [0.25, 0.3) is 5.56 Å². The molecule has 0 radical (unpaired) electrons. The van der Waals surface area contributed by atoms with Gasteiger partial charge in [0.15, 0.2) is 5.16 Å². The summed E-state index contributed by atoms with van der Waals surface area (Å²) in [5.74, 6) is 1.76. The number of nitrogen functional groups attached to an aromatic ring is 1. The fraction of sp³-hybridized carbons (Fsp3) is 0.571. The number of aromatic nitrogens is 5. The Kier molecular flexibility index (Phi) is 6.47. The maximum absolute atomic E-state index is 13.7. The summed E-state index contributed by atoms with van der Waals surface area (Å²) in [6, 6.07) is 0.0639. The van der Waals surface area contributed by atoms with E-state index in [1.807, 2.05) is 18.7 Å². The van der Waals surface area contributed by atoms with Crippen molar-refractivity contribution in [2.45, 2.75) is 69.3 Å². The van der Waals surface area contributed by atoms with Crippen LogP contribution < -0.4 is 16.2 Å². The smallest absolute Gasteiger partial charge is 0.263 e. The van der Waals surface area contributed by atoms with Gasteiger partial charge in [-0.05, 0) is 44.6 Å². The second-order valence-electron chi connectivity index (χ2n) is 8.16. The number of anilines is 2. The first-order chi connectivity index (χ1) is 14.9. The van der Waals surface area contributed by atoms with Crippen LogP contribution in [0.3, 0.4) is 0 Å². The van der Waals surface area contributed by atoms with E-state index in [2.05, 4.69) is 28.8 Å². The van der Waals surface area contributed by atoms with Crippen molar-refractivity contribution in [3.8, 4) is 0 Å². The topological polar surface area (TPSA) is 103 Å². The van der Waals surface area contributed by atoms with Crippen LogP contribution in [0.25, 0.3) is 10.2 Å². The average molecular weight is 460 g/mol. The van der Waals surface area contributed by atoms with Gasteiger partial charge >= 0.3 is 0 Å². The van der Waals surface area contributed by atoms with Crippen molar-refractivity contribution in [2.75, 3.05) is 24.7 Å². The van der Waals surface area contributed by atoms with E-state index in [1.165, 1.54) is 35.0 Å². The molecule has 1 atom stereocenters. The Balaban J connectivity index is 1.76. The summed E-state index contributed by atoms with van der Waals surface area (Å²) < 4.78 is 1.86. The van der Waals surface area contributed by atoms with Crippen LogP contribution in [0.4, 0.5) is 11.9 Å². The summed E-state index contributed by atoms with van der Waals surface area (Å²) >= 11 is 3.18. The lowest BCUT2D eigenvalue weighted by Crippen LogP contribution is -2.26. The summed E-state index contributed by atoms with van der Waals surface area (Å²) in [5.41, 5.74) is 7.19. The highest BCUT2D eigenvalue weighted by Gasteiger charge is 2.23. The maximum atomic E-state index is 13.7. The first kappa shape index (κ1) is 22.0. The van der Waals surface area contributed by atoms with Crippen LogP contribution in [0.2, 0.25) is 0 Å². The zero-order chi connectivity index (χ0) is 22.1. The molecule has 0 saturated carbocycles. The van der Waals surface area contributed by atoms with Crippen LogP contribution in [-0.2, 0) is 18.6 Å². The molecule has 1 unspecified atom stereocenters. The summed E-state index contributed by atoms with van der Waals surface area (Å²) in [5, 5.41) is 1.56. The molecule has 0 aliphatic heterocycles. The van der Waals surface area contributed by atoms with Crippen molar-refractivity contribution in [2.24, 2.45) is 0 Å². The Hall–Kier alpha value is -2.20. The van der Waals surface area contributed by atoms with E-state index in [9.17, 15) is 4.79 Å². The third kappa shape index (κ3) is 4.41. The molecular weight excluding hydrogens is 430 g/mol. The monoisotopic (exact) mass is 459 g/mol. The number of hydrogen-bond donors (Lipinski definition) is 1. The van der Waals surface area contributed by atoms with E-state index < -0.39 is 0 Å². The van der Waals surface area contributed by atoms with Gasteiger partial charge in [0.2, 0.25) is 11.9 Å². The van der Waals surface area contributed by atoms with Gasteiger partial charge in [0, 0.05) is 25.0 Å². The first-order valence-electron chi connectivity index (χ1n) is 10.8. The minimum absolute atomic E-state index is 0.0639. The SMILES string of the molecule is CCC(C)n1c(SCc2nc(N)nc(N(C)C)n2)nc2sc3c(c2c1=O)CCCCC3. The summed E-state index contributed by atoms with van der Waals surface area (Å²) in [6.07, 6.45) is 6.46. The van der Waals surface area contributed by atoms with Gasteiger partial charge < -0.3 is 10.6 Å². The van der Waals surface area contributed by atoms with Crippen molar-refractivity contribution in [1.82, 2.24) is 24.5 Å². The van der Waals surface area contributed by atoms with Crippen molar-refractivity contribution in [3.63, 3.8) is 0 Å². The Morgan fingerprint density at radius 2 is 1.94 bits per heavy atom. The number of hydrogen-bond acceptors (Lipinski definition) is 9. The normalized spacial score (nSPS) is 15.0. The highest BCUT2D eigenvalue weighted by Crippen LogP contribution is 2.35. The predicted octanol–water partition coefficient (Wildman–Crippen LogP) is 3.82. The number of thiophene rings is 1. The number of rotatable bonds is 6. The molecule has 8 nitrogen and oxygen atoms in total. The van der Waals surface area contributed by atoms with E-state index in [1.54, 1.807) is 16.2 Å². The van der Waals surface area contributed by atoms with Crippen LogP contribution >= 0.6 is 23.1 Å². The molecule has 1 aliphatic carbocycles. The Morgan fingerprint density at radius 3 is 2.68 bits per heavy atom. The molecule has 0 spiro atoms. The lowest BCUT2D eigenvalue weighted by Gasteiger charge is -2.18. The van der Waals surface area contributed by atoms with E-state index in [0.29, 0.717) is 22.7 Å². The minimum Gasteiger partial charge on any atom is -0.368 e. The van der Waals surface area contributed by atoms with Gasteiger partial charge in [0.1, 0.15) is 10.7 Å². The van der Waals surface area contributed by atoms with E-state index in [4.69, 9.17) is 10.7 Å². The lowest BCUT2D eigenvalue weighted by molar-refractivity contribution is 0.468. The molecule has 166 valence electrons. The highest BCUT2D eigenvalue weighted by molar-refractivity contribution is 7.98. The second-order valence-corrected chi connectivity index (χ2v) is 10.2. The van der Waals surface area contributed by atoms with Crippen LogP contribution in [0.5, 0.6) is 0 Å². The fourth-order valence-electron chi connectivity index (χ4n) is 3.87. The van der Waals surface area contributed by atoms with Crippen LogP contribution in [0.1, 0.15) is 61.8 Å². The Morgan fingerprint density at radius 1 is 1.16 bits per heavy atom. The molecule has 0 amide bonds. The van der Waals surface area contributed by atoms with Gasteiger partial charge in [-0.25, -0.2) is 4.98 Å². The zero-order valence-corrected chi connectivity index (χ0v) is 20.1. The molecule has 0 aromatic carbocycles. The molecule has 0 fully saturated rings. The molecule has 0 saturated heterocycles. The molecule has 31 heavy (non-hydrogen) atoms. The standard InChI is InChI=1S/C21H29N7OS2/c1-5-12(2)28-18(29)16-13-9-7-6-8-10-14(13)31-17(16)25-21(28)30-11-15-23-19(22)26-20(24-15)27(3)4/h12H,5-11H2,1-4H3,(H2,22,23,24,26). The van der Waals surface area contributed by atoms with Gasteiger partial charge in [0.05, 0.1) is 11.1 Å². The van der Waals surface area contributed by atoms with Gasteiger partial charge in [-0.1, -0.05) is 25.1 Å². The van der Waals surface area contributed by atoms with Crippen LogP contribution in [0, 0.1) is 0 Å². The number of thioether (sulfide) groups is 1. The van der Waals surface area contributed by atoms with E-state index >= 15 is 0 Å². The summed E-state index contributed by atoms with van der Waals surface area (Å²) in [4.78, 5) is 35.5. The van der Waals surface area contributed by atoms with Crippen LogP contribution in [0.15, 0.2) is 9.95 Å².